The predicted octanol–water partition coefficient (Wildman–Crippen LogP) is 2.76. The molecule has 0 aliphatic carbocycles. The quantitative estimate of drug-likeness (QED) is 0.813. The highest BCUT2D eigenvalue weighted by Gasteiger charge is 2.08. The minimum absolute atomic E-state index is 0.0115. The van der Waals surface area contributed by atoms with E-state index >= 15 is 0 Å². The highest BCUT2D eigenvalue weighted by molar-refractivity contribution is 6.31. The monoisotopic (exact) mass is 199 g/mol. The molecule has 0 radical (unpaired) electrons. The normalized spacial score (nSPS) is 12.6. The third-order valence-corrected chi connectivity index (χ3v) is 2.39. The molecule has 0 aliphatic heterocycles. The molecular formula is C10H14ClNO. The minimum Gasteiger partial charge on any atom is -0.497 e. The number of ether oxygens (including phenoxy) is 1. The van der Waals surface area contributed by atoms with E-state index in [4.69, 9.17) is 22.1 Å². The second kappa shape index (κ2) is 4.49. The van der Waals surface area contributed by atoms with Crippen molar-refractivity contribution in [3.05, 3.63) is 28.8 Å². The lowest BCUT2D eigenvalue weighted by atomic mass is 10.1. The molecule has 2 N–H and O–H groups in total. The molecule has 0 heterocycles. The van der Waals surface area contributed by atoms with Crippen LogP contribution in [0.4, 0.5) is 0 Å². The van der Waals surface area contributed by atoms with Gasteiger partial charge in [-0.2, -0.15) is 0 Å². The van der Waals surface area contributed by atoms with Gasteiger partial charge in [0.2, 0.25) is 0 Å². The highest BCUT2D eigenvalue weighted by Crippen LogP contribution is 2.27. The first kappa shape index (κ1) is 10.4. The Morgan fingerprint density at radius 1 is 1.54 bits per heavy atom. The minimum atomic E-state index is -0.0115. The number of benzene rings is 1. The zero-order valence-corrected chi connectivity index (χ0v) is 8.64. The van der Waals surface area contributed by atoms with Crippen LogP contribution in [0.15, 0.2) is 18.2 Å². The van der Waals surface area contributed by atoms with Gasteiger partial charge in [-0.05, 0) is 30.2 Å². The largest absolute Gasteiger partial charge is 0.497 e. The van der Waals surface area contributed by atoms with Gasteiger partial charge < -0.3 is 10.5 Å². The summed E-state index contributed by atoms with van der Waals surface area (Å²) in [7, 11) is 1.63. The molecule has 0 spiro atoms. The Morgan fingerprint density at radius 2 is 2.23 bits per heavy atom. The summed E-state index contributed by atoms with van der Waals surface area (Å²) in [4.78, 5) is 0. The van der Waals surface area contributed by atoms with Gasteiger partial charge in [0.05, 0.1) is 7.11 Å². The smallest absolute Gasteiger partial charge is 0.119 e. The van der Waals surface area contributed by atoms with Crippen LogP contribution in [0, 0.1) is 0 Å². The van der Waals surface area contributed by atoms with Gasteiger partial charge in [-0.1, -0.05) is 18.5 Å². The SMILES string of the molecule is CCC(N)c1cc(OC)ccc1Cl. The Bertz CT molecular complexity index is 288. The summed E-state index contributed by atoms with van der Waals surface area (Å²) in [6, 6.07) is 5.51. The van der Waals surface area contributed by atoms with Crippen LogP contribution in [0.25, 0.3) is 0 Å². The van der Waals surface area contributed by atoms with Crippen LogP contribution in [0.2, 0.25) is 5.02 Å². The summed E-state index contributed by atoms with van der Waals surface area (Å²) in [5.74, 6) is 0.795. The van der Waals surface area contributed by atoms with Crippen LogP contribution in [-0.2, 0) is 0 Å². The summed E-state index contributed by atoms with van der Waals surface area (Å²) in [5.41, 5.74) is 6.83. The van der Waals surface area contributed by atoms with Crippen LogP contribution in [0.5, 0.6) is 5.75 Å². The summed E-state index contributed by atoms with van der Waals surface area (Å²) in [5, 5.41) is 0.704. The highest BCUT2D eigenvalue weighted by atomic mass is 35.5. The van der Waals surface area contributed by atoms with Crippen molar-refractivity contribution in [2.75, 3.05) is 7.11 Å². The second-order valence-corrected chi connectivity index (χ2v) is 3.31. The number of halogens is 1. The van der Waals surface area contributed by atoms with E-state index < -0.39 is 0 Å². The molecule has 1 unspecified atom stereocenters. The first-order valence-corrected chi connectivity index (χ1v) is 4.65. The zero-order chi connectivity index (χ0) is 9.84. The van der Waals surface area contributed by atoms with E-state index in [1.165, 1.54) is 0 Å². The Labute approximate surface area is 83.6 Å². The van der Waals surface area contributed by atoms with Crippen molar-refractivity contribution in [3.8, 4) is 5.75 Å². The lowest BCUT2D eigenvalue weighted by molar-refractivity contribution is 0.413. The van der Waals surface area contributed by atoms with Gasteiger partial charge in [0.15, 0.2) is 0 Å². The predicted molar refractivity (Wildman–Crippen MR) is 55.2 cm³/mol. The fourth-order valence-corrected chi connectivity index (χ4v) is 1.41. The standard InChI is InChI=1S/C10H14ClNO/c1-3-10(12)8-6-7(13-2)4-5-9(8)11/h4-6,10H,3,12H2,1-2H3. The number of methoxy groups -OCH3 is 1. The Morgan fingerprint density at radius 3 is 2.77 bits per heavy atom. The third kappa shape index (κ3) is 2.36. The first-order valence-electron chi connectivity index (χ1n) is 4.28. The van der Waals surface area contributed by atoms with Gasteiger partial charge in [-0.15, -0.1) is 0 Å². The molecule has 1 rings (SSSR count). The van der Waals surface area contributed by atoms with Crippen molar-refractivity contribution in [1.29, 1.82) is 0 Å². The van der Waals surface area contributed by atoms with Crippen molar-refractivity contribution in [2.24, 2.45) is 5.73 Å². The van der Waals surface area contributed by atoms with E-state index in [1.54, 1.807) is 7.11 Å². The molecule has 0 bridgehead atoms. The van der Waals surface area contributed by atoms with Crippen LogP contribution in [-0.4, -0.2) is 7.11 Å². The number of hydrogen-bond donors (Lipinski definition) is 1. The lowest BCUT2D eigenvalue weighted by Crippen LogP contribution is -2.09. The molecule has 13 heavy (non-hydrogen) atoms. The molecule has 0 saturated heterocycles. The second-order valence-electron chi connectivity index (χ2n) is 2.90. The molecule has 1 aromatic carbocycles. The van der Waals surface area contributed by atoms with Crippen molar-refractivity contribution in [1.82, 2.24) is 0 Å². The summed E-state index contributed by atoms with van der Waals surface area (Å²) in [6.45, 7) is 2.03. The maximum absolute atomic E-state index is 5.99. The molecule has 0 aliphatic rings. The van der Waals surface area contributed by atoms with Crippen molar-refractivity contribution in [3.63, 3.8) is 0 Å². The van der Waals surface area contributed by atoms with E-state index in [0.717, 1.165) is 17.7 Å². The number of nitrogens with two attached hydrogens (primary N) is 1. The molecule has 72 valence electrons. The van der Waals surface area contributed by atoms with Crippen LogP contribution in [0.1, 0.15) is 24.9 Å². The van der Waals surface area contributed by atoms with Gasteiger partial charge in [0.1, 0.15) is 5.75 Å². The summed E-state index contributed by atoms with van der Waals surface area (Å²) in [6.07, 6.45) is 0.868. The molecule has 3 heteroatoms. The van der Waals surface area contributed by atoms with E-state index in [1.807, 2.05) is 25.1 Å². The van der Waals surface area contributed by atoms with Crippen LogP contribution < -0.4 is 10.5 Å². The zero-order valence-electron chi connectivity index (χ0n) is 7.88. The molecular weight excluding hydrogens is 186 g/mol. The van der Waals surface area contributed by atoms with Crippen molar-refractivity contribution >= 4 is 11.6 Å². The molecule has 1 aromatic rings. The van der Waals surface area contributed by atoms with E-state index in [9.17, 15) is 0 Å². The molecule has 0 aromatic heterocycles. The van der Waals surface area contributed by atoms with Gasteiger partial charge >= 0.3 is 0 Å². The van der Waals surface area contributed by atoms with E-state index in [0.29, 0.717) is 5.02 Å². The van der Waals surface area contributed by atoms with Gasteiger partial charge in [-0.3, -0.25) is 0 Å². The van der Waals surface area contributed by atoms with Crippen molar-refractivity contribution < 1.29 is 4.74 Å². The average Bonchev–Trinajstić information content (AvgIpc) is 2.17. The molecule has 1 atom stereocenters. The molecule has 0 saturated carbocycles. The summed E-state index contributed by atoms with van der Waals surface area (Å²) >= 11 is 5.99. The van der Waals surface area contributed by atoms with Gasteiger partial charge in [0.25, 0.3) is 0 Å². The fourth-order valence-electron chi connectivity index (χ4n) is 1.15. The molecule has 0 amide bonds. The Balaban J connectivity index is 3.03. The maximum atomic E-state index is 5.99. The fraction of sp³-hybridized carbons (Fsp3) is 0.400. The van der Waals surface area contributed by atoms with Gasteiger partial charge in [-0.25, -0.2) is 0 Å². The van der Waals surface area contributed by atoms with E-state index in [2.05, 4.69) is 0 Å². The maximum Gasteiger partial charge on any atom is 0.119 e. The topological polar surface area (TPSA) is 35.2 Å². The van der Waals surface area contributed by atoms with Crippen LogP contribution in [0.3, 0.4) is 0 Å². The third-order valence-electron chi connectivity index (χ3n) is 2.04. The Hall–Kier alpha value is -0.730. The average molecular weight is 200 g/mol. The number of rotatable bonds is 3. The molecule has 2 nitrogen and oxygen atoms in total. The van der Waals surface area contributed by atoms with Crippen LogP contribution >= 0.6 is 11.6 Å². The Kier molecular flexibility index (Phi) is 3.58. The first-order chi connectivity index (χ1) is 6.19. The summed E-state index contributed by atoms with van der Waals surface area (Å²) < 4.78 is 5.09. The van der Waals surface area contributed by atoms with E-state index in [-0.39, 0.29) is 6.04 Å². The number of hydrogen-bond acceptors (Lipinski definition) is 2. The molecule has 0 fully saturated rings. The van der Waals surface area contributed by atoms with Crippen molar-refractivity contribution in [2.45, 2.75) is 19.4 Å². The lowest BCUT2D eigenvalue weighted by Gasteiger charge is -2.12. The van der Waals surface area contributed by atoms with Gasteiger partial charge in [0, 0.05) is 11.1 Å².